The lowest BCUT2D eigenvalue weighted by molar-refractivity contribution is -0.135. The van der Waals surface area contributed by atoms with Crippen LogP contribution in [-0.2, 0) is 14.8 Å². The predicted octanol–water partition coefficient (Wildman–Crippen LogP) is 2.85. The smallest absolute Gasteiger partial charge is 0.371 e. The second-order valence-electron chi connectivity index (χ2n) is 4.84. The summed E-state index contributed by atoms with van der Waals surface area (Å²) in [7, 11) is -3.92. The molecule has 3 N–H and O–H groups in total. The van der Waals surface area contributed by atoms with Crippen LogP contribution < -0.4 is 4.72 Å². The average molecular weight is 382 g/mol. The largest absolute Gasteiger partial charge is 0.502 e. The van der Waals surface area contributed by atoms with Gasteiger partial charge in [0.15, 0.2) is 5.78 Å². The molecule has 0 saturated carbocycles. The zero-order chi connectivity index (χ0) is 18.6. The molecule has 0 spiro atoms. The Balaban J connectivity index is 2.29. The lowest BCUT2D eigenvalue weighted by Crippen LogP contribution is -2.13. The first-order valence-corrected chi connectivity index (χ1v) is 8.62. The molecule has 9 heteroatoms. The van der Waals surface area contributed by atoms with Gasteiger partial charge in [-0.05, 0) is 30.3 Å². The van der Waals surface area contributed by atoms with E-state index in [9.17, 15) is 18.0 Å². The van der Waals surface area contributed by atoms with Crippen molar-refractivity contribution in [2.75, 3.05) is 4.72 Å². The number of carbonyl (C=O) groups is 2. The molecular formula is C16H12ClNO6S. The Kier molecular flexibility index (Phi) is 5.45. The van der Waals surface area contributed by atoms with Gasteiger partial charge < -0.3 is 10.2 Å². The van der Waals surface area contributed by atoms with Gasteiger partial charge in [0.1, 0.15) is 0 Å². The van der Waals surface area contributed by atoms with Crippen molar-refractivity contribution < 1.29 is 28.2 Å². The Labute approximate surface area is 148 Å². The number of carboxylic acid groups (broad SMARTS) is 1. The van der Waals surface area contributed by atoms with E-state index in [4.69, 9.17) is 21.8 Å². The van der Waals surface area contributed by atoms with Crippen LogP contribution in [0.25, 0.3) is 0 Å². The second-order valence-corrected chi connectivity index (χ2v) is 6.96. The van der Waals surface area contributed by atoms with Gasteiger partial charge in [0, 0.05) is 22.3 Å². The molecular weight excluding hydrogens is 370 g/mol. The van der Waals surface area contributed by atoms with E-state index in [0.717, 1.165) is 0 Å². The molecule has 0 saturated heterocycles. The summed E-state index contributed by atoms with van der Waals surface area (Å²) in [6, 6.07) is 11.0. The molecule has 2 rings (SSSR count). The summed E-state index contributed by atoms with van der Waals surface area (Å²) < 4.78 is 26.9. The molecule has 0 heterocycles. The molecule has 0 amide bonds. The zero-order valence-corrected chi connectivity index (χ0v) is 14.1. The summed E-state index contributed by atoms with van der Waals surface area (Å²) in [4.78, 5) is 22.4. The van der Waals surface area contributed by atoms with Gasteiger partial charge in [0.2, 0.25) is 5.76 Å². The summed E-state index contributed by atoms with van der Waals surface area (Å²) in [6.45, 7) is 0. The number of anilines is 1. The number of allylic oxidation sites excluding steroid dienone is 1. The minimum absolute atomic E-state index is 0.000839. The summed E-state index contributed by atoms with van der Waals surface area (Å²) in [5.41, 5.74) is 0.0909. The number of ketones is 1. The van der Waals surface area contributed by atoms with Crippen LogP contribution in [0.4, 0.5) is 5.69 Å². The molecule has 0 aliphatic rings. The highest BCUT2D eigenvalue weighted by Gasteiger charge is 2.16. The average Bonchev–Trinajstić information content (AvgIpc) is 2.54. The number of aliphatic hydroxyl groups is 1. The molecule has 0 radical (unpaired) electrons. The fourth-order valence-electron chi connectivity index (χ4n) is 1.85. The van der Waals surface area contributed by atoms with Gasteiger partial charge in [-0.3, -0.25) is 9.52 Å². The number of rotatable bonds is 6. The van der Waals surface area contributed by atoms with Crippen molar-refractivity contribution in [1.29, 1.82) is 0 Å². The van der Waals surface area contributed by atoms with E-state index in [1.54, 1.807) is 0 Å². The second kappa shape index (κ2) is 7.37. The molecule has 2 aromatic carbocycles. The number of halogens is 1. The first-order valence-electron chi connectivity index (χ1n) is 6.76. The van der Waals surface area contributed by atoms with Crippen LogP contribution in [0, 0.1) is 0 Å². The Morgan fingerprint density at radius 3 is 2.36 bits per heavy atom. The van der Waals surface area contributed by atoms with Crippen LogP contribution in [0.2, 0.25) is 5.02 Å². The molecule has 0 atom stereocenters. The molecule has 2 aromatic rings. The third kappa shape index (κ3) is 4.82. The Morgan fingerprint density at radius 2 is 1.72 bits per heavy atom. The molecule has 0 aromatic heterocycles. The normalized spacial score (nSPS) is 11.8. The SMILES string of the molecule is O=C(O)/C(O)=C/C(=O)c1cccc(NS(=O)(=O)c2cccc(Cl)c2)c1. The Morgan fingerprint density at radius 1 is 1.04 bits per heavy atom. The summed E-state index contributed by atoms with van der Waals surface area (Å²) in [6.07, 6.45) is 0.535. The minimum Gasteiger partial charge on any atom is -0.502 e. The molecule has 0 fully saturated rings. The van der Waals surface area contributed by atoms with Gasteiger partial charge in [-0.25, -0.2) is 13.2 Å². The van der Waals surface area contributed by atoms with Gasteiger partial charge in [0.05, 0.1) is 4.90 Å². The van der Waals surface area contributed by atoms with E-state index in [1.165, 1.54) is 48.5 Å². The Bertz CT molecular complexity index is 968. The predicted molar refractivity (Wildman–Crippen MR) is 91.4 cm³/mol. The van der Waals surface area contributed by atoms with Crippen molar-refractivity contribution in [2.24, 2.45) is 0 Å². The molecule has 0 aliphatic heterocycles. The molecule has 0 unspecified atom stereocenters. The van der Waals surface area contributed by atoms with Crippen LogP contribution in [0.3, 0.4) is 0 Å². The third-order valence-corrected chi connectivity index (χ3v) is 4.61. The van der Waals surface area contributed by atoms with Crippen molar-refractivity contribution in [3.05, 3.63) is 71.0 Å². The number of hydrogen-bond donors (Lipinski definition) is 3. The number of nitrogens with one attached hydrogen (secondary N) is 1. The summed E-state index contributed by atoms with van der Waals surface area (Å²) in [5, 5.41) is 17.9. The fraction of sp³-hybridized carbons (Fsp3) is 0. The summed E-state index contributed by atoms with van der Waals surface area (Å²) in [5.74, 6) is -3.55. The van der Waals surface area contributed by atoms with Gasteiger partial charge in [0.25, 0.3) is 10.0 Å². The highest BCUT2D eigenvalue weighted by Crippen LogP contribution is 2.20. The van der Waals surface area contributed by atoms with E-state index >= 15 is 0 Å². The van der Waals surface area contributed by atoms with Gasteiger partial charge in [-0.1, -0.05) is 29.8 Å². The maximum atomic E-state index is 12.3. The van der Waals surface area contributed by atoms with Gasteiger partial charge in [-0.2, -0.15) is 0 Å². The molecule has 0 bridgehead atoms. The van der Waals surface area contributed by atoms with Crippen molar-refractivity contribution >= 4 is 39.1 Å². The maximum Gasteiger partial charge on any atom is 0.371 e. The third-order valence-electron chi connectivity index (χ3n) is 2.99. The number of carbonyl (C=O) groups excluding carboxylic acids is 1. The first kappa shape index (κ1) is 18.5. The standard InChI is InChI=1S/C16H12ClNO6S/c17-11-4-2-6-13(8-11)25(23,24)18-12-5-1-3-10(7-12)14(19)9-15(20)16(21)22/h1-9,18,20H,(H,21,22)/b15-9-. The quantitative estimate of drug-likeness (QED) is 0.402. The number of hydrogen-bond acceptors (Lipinski definition) is 5. The monoisotopic (exact) mass is 381 g/mol. The van der Waals surface area contributed by atoms with Crippen molar-refractivity contribution in [2.45, 2.75) is 4.90 Å². The number of carboxylic acids is 1. The molecule has 0 aliphatic carbocycles. The Hall–Kier alpha value is -2.84. The van der Waals surface area contributed by atoms with Crippen LogP contribution in [0.5, 0.6) is 0 Å². The van der Waals surface area contributed by atoms with E-state index in [0.29, 0.717) is 6.08 Å². The lowest BCUT2D eigenvalue weighted by Gasteiger charge is -2.09. The molecule has 25 heavy (non-hydrogen) atoms. The van der Waals surface area contributed by atoms with E-state index in [1.807, 2.05) is 0 Å². The van der Waals surface area contributed by atoms with Crippen LogP contribution >= 0.6 is 11.6 Å². The van der Waals surface area contributed by atoms with E-state index < -0.39 is 27.5 Å². The zero-order valence-electron chi connectivity index (χ0n) is 12.5. The number of benzene rings is 2. The van der Waals surface area contributed by atoms with Crippen molar-refractivity contribution in [1.82, 2.24) is 0 Å². The van der Waals surface area contributed by atoms with Crippen molar-refractivity contribution in [3.8, 4) is 0 Å². The number of aliphatic carboxylic acids is 1. The van der Waals surface area contributed by atoms with Crippen LogP contribution in [0.15, 0.2) is 65.3 Å². The lowest BCUT2D eigenvalue weighted by atomic mass is 10.1. The number of aliphatic hydroxyl groups excluding tert-OH is 1. The van der Waals surface area contributed by atoms with Crippen LogP contribution in [-0.4, -0.2) is 30.4 Å². The molecule has 130 valence electrons. The highest BCUT2D eigenvalue weighted by molar-refractivity contribution is 7.92. The highest BCUT2D eigenvalue weighted by atomic mass is 35.5. The van der Waals surface area contributed by atoms with Crippen LogP contribution in [0.1, 0.15) is 10.4 Å². The van der Waals surface area contributed by atoms with E-state index in [2.05, 4.69) is 4.72 Å². The maximum absolute atomic E-state index is 12.3. The first-order chi connectivity index (χ1) is 11.7. The van der Waals surface area contributed by atoms with Gasteiger partial charge >= 0.3 is 5.97 Å². The number of sulfonamides is 1. The van der Waals surface area contributed by atoms with Gasteiger partial charge in [-0.15, -0.1) is 0 Å². The fourth-order valence-corrected chi connectivity index (χ4v) is 3.20. The topological polar surface area (TPSA) is 121 Å². The summed E-state index contributed by atoms with van der Waals surface area (Å²) >= 11 is 5.78. The minimum atomic E-state index is -3.92. The van der Waals surface area contributed by atoms with E-state index in [-0.39, 0.29) is 21.2 Å². The molecule has 7 nitrogen and oxygen atoms in total. The van der Waals surface area contributed by atoms with Crippen molar-refractivity contribution in [3.63, 3.8) is 0 Å².